The number of phenols is 2. The molecule has 2 aromatic carbocycles. The third-order valence-corrected chi connectivity index (χ3v) is 5.65. The second-order valence-corrected chi connectivity index (χ2v) is 7.67. The number of phenolic OH excluding ortho intramolecular Hbond substituents is 2. The second-order valence-electron chi connectivity index (χ2n) is 3.22. The molecule has 0 heterocycles. The summed E-state index contributed by atoms with van der Waals surface area (Å²) in [6.07, 6.45) is 0. The number of benzene rings is 2. The van der Waals surface area contributed by atoms with E-state index in [9.17, 15) is 0 Å². The van der Waals surface area contributed by atoms with Crippen molar-refractivity contribution in [3.05, 3.63) is 48.5 Å². The Morgan fingerprint density at radius 3 is 1.35 bits per heavy atom. The van der Waals surface area contributed by atoms with Crippen LogP contribution in [0.5, 0.6) is 11.5 Å². The monoisotopic (exact) mass is 362 g/mol. The van der Waals surface area contributed by atoms with Crippen LogP contribution in [0.4, 0.5) is 0 Å². The summed E-state index contributed by atoms with van der Waals surface area (Å²) in [5.41, 5.74) is 0. The van der Waals surface area contributed by atoms with Crippen LogP contribution >= 0.6 is 0 Å². The van der Waals surface area contributed by atoms with Crippen LogP contribution in [-0.2, 0) is 2.90 Å². The molecule has 0 saturated heterocycles. The van der Waals surface area contributed by atoms with E-state index in [2.05, 4.69) is 0 Å². The van der Waals surface area contributed by atoms with E-state index in [-0.39, 0.29) is 42.1 Å². The van der Waals surface area contributed by atoms with Crippen molar-refractivity contribution in [3.63, 3.8) is 0 Å². The van der Waals surface area contributed by atoms with Crippen molar-refractivity contribution in [2.24, 2.45) is 0 Å². The standard InChI is InChI=1S/C12H10O3Se2/c13-9-1-5-11(6-2-9)16-15-17-12-7-3-10(14)4-8-12/h1-8,13-14H. The first-order chi connectivity index (χ1) is 8.24. The average molecular weight is 360 g/mol. The third-order valence-electron chi connectivity index (χ3n) is 1.93. The third kappa shape index (κ3) is 4.08. The van der Waals surface area contributed by atoms with Gasteiger partial charge in [-0.25, -0.2) is 0 Å². The maximum atomic E-state index is 9.13. The zero-order valence-corrected chi connectivity index (χ0v) is 12.2. The van der Waals surface area contributed by atoms with Crippen LogP contribution in [0.25, 0.3) is 0 Å². The van der Waals surface area contributed by atoms with Gasteiger partial charge in [-0.05, 0) is 0 Å². The van der Waals surface area contributed by atoms with Crippen LogP contribution in [0.2, 0.25) is 0 Å². The van der Waals surface area contributed by atoms with Crippen LogP contribution in [-0.4, -0.2) is 40.8 Å². The Kier molecular flexibility index (Phi) is 4.49. The molecule has 0 bridgehead atoms. The van der Waals surface area contributed by atoms with Gasteiger partial charge in [-0.3, -0.25) is 0 Å². The molecule has 0 radical (unpaired) electrons. The summed E-state index contributed by atoms with van der Waals surface area (Å²) in [5, 5.41) is 18.3. The second kappa shape index (κ2) is 6.10. The summed E-state index contributed by atoms with van der Waals surface area (Å²) in [6.45, 7) is 0. The van der Waals surface area contributed by atoms with E-state index in [0.29, 0.717) is 0 Å². The van der Waals surface area contributed by atoms with Crippen LogP contribution in [0, 0.1) is 0 Å². The Morgan fingerprint density at radius 1 is 0.647 bits per heavy atom. The summed E-state index contributed by atoms with van der Waals surface area (Å²) < 4.78 is 7.83. The summed E-state index contributed by atoms with van der Waals surface area (Å²) in [5.74, 6) is 0.544. The van der Waals surface area contributed by atoms with E-state index >= 15 is 0 Å². The number of aromatic hydroxyl groups is 2. The zero-order chi connectivity index (χ0) is 12.1. The van der Waals surface area contributed by atoms with E-state index in [0.717, 1.165) is 8.92 Å². The van der Waals surface area contributed by atoms with Crippen molar-refractivity contribution >= 4 is 39.5 Å². The van der Waals surface area contributed by atoms with Gasteiger partial charge in [0, 0.05) is 0 Å². The molecule has 0 unspecified atom stereocenters. The molecular weight excluding hydrogens is 350 g/mol. The molecule has 0 aromatic heterocycles. The average Bonchev–Trinajstić information content (AvgIpc) is 2.34. The van der Waals surface area contributed by atoms with Crippen molar-refractivity contribution < 1.29 is 13.1 Å². The molecule has 0 saturated carbocycles. The molecule has 5 heteroatoms. The number of rotatable bonds is 4. The molecule has 0 amide bonds. The minimum atomic E-state index is -0.0361. The first kappa shape index (κ1) is 12.5. The van der Waals surface area contributed by atoms with Gasteiger partial charge in [0.1, 0.15) is 0 Å². The molecule has 2 N–H and O–H groups in total. The first-order valence-corrected chi connectivity index (χ1v) is 7.94. The van der Waals surface area contributed by atoms with Gasteiger partial charge in [-0.15, -0.1) is 0 Å². The zero-order valence-electron chi connectivity index (χ0n) is 8.74. The van der Waals surface area contributed by atoms with Gasteiger partial charge in [0.25, 0.3) is 0 Å². The Bertz CT molecular complexity index is 423. The summed E-state index contributed by atoms with van der Waals surface area (Å²) >= 11 is -0.0722. The summed E-state index contributed by atoms with van der Waals surface area (Å²) in [7, 11) is 0. The molecule has 0 aliphatic heterocycles. The molecule has 17 heavy (non-hydrogen) atoms. The predicted molar refractivity (Wildman–Crippen MR) is 68.1 cm³/mol. The van der Waals surface area contributed by atoms with Gasteiger partial charge >= 0.3 is 113 Å². The molecule has 0 spiro atoms. The predicted octanol–water partition coefficient (Wildman–Crippen LogP) is 0.304. The molecule has 0 atom stereocenters. The summed E-state index contributed by atoms with van der Waals surface area (Å²) in [6, 6.07) is 14.1. The van der Waals surface area contributed by atoms with Crippen molar-refractivity contribution in [3.8, 4) is 11.5 Å². The minimum absolute atomic E-state index is 0.0361. The fraction of sp³-hybridized carbons (Fsp3) is 0. The van der Waals surface area contributed by atoms with Crippen LogP contribution in [0.3, 0.4) is 0 Å². The summed E-state index contributed by atoms with van der Waals surface area (Å²) in [4.78, 5) is 0. The molecule has 2 aromatic rings. The first-order valence-electron chi connectivity index (χ1n) is 4.83. The topological polar surface area (TPSA) is 49.7 Å². The van der Waals surface area contributed by atoms with Gasteiger partial charge in [0.15, 0.2) is 0 Å². The SMILES string of the molecule is Oc1ccc([Se]O[Se]c2ccc(O)cc2)cc1. The van der Waals surface area contributed by atoms with Gasteiger partial charge in [0.05, 0.1) is 0 Å². The van der Waals surface area contributed by atoms with Crippen molar-refractivity contribution in [2.75, 3.05) is 0 Å². The van der Waals surface area contributed by atoms with Gasteiger partial charge in [-0.1, -0.05) is 0 Å². The molecule has 88 valence electrons. The fourth-order valence-electron chi connectivity index (χ4n) is 1.10. The van der Waals surface area contributed by atoms with Crippen molar-refractivity contribution in [2.45, 2.75) is 0 Å². The Balaban J connectivity index is 1.83. The number of hydrogen-bond acceptors (Lipinski definition) is 3. The Morgan fingerprint density at radius 2 is 1.00 bits per heavy atom. The van der Waals surface area contributed by atoms with Crippen molar-refractivity contribution in [1.82, 2.24) is 0 Å². The molecule has 0 fully saturated rings. The van der Waals surface area contributed by atoms with E-state index < -0.39 is 0 Å². The van der Waals surface area contributed by atoms with Gasteiger partial charge in [0.2, 0.25) is 0 Å². The van der Waals surface area contributed by atoms with Gasteiger partial charge in [-0.2, -0.15) is 0 Å². The van der Waals surface area contributed by atoms with E-state index in [1.54, 1.807) is 24.3 Å². The van der Waals surface area contributed by atoms with E-state index in [1.165, 1.54) is 0 Å². The molecular formula is C12H10O3Se2. The Labute approximate surface area is 112 Å². The fourth-order valence-corrected chi connectivity index (χ4v) is 4.62. The van der Waals surface area contributed by atoms with Gasteiger partial charge < -0.3 is 0 Å². The number of hydrogen-bond donors (Lipinski definition) is 2. The molecule has 3 nitrogen and oxygen atoms in total. The normalized spacial score (nSPS) is 10.4. The molecule has 2 rings (SSSR count). The van der Waals surface area contributed by atoms with E-state index in [1.807, 2.05) is 24.3 Å². The van der Waals surface area contributed by atoms with E-state index in [4.69, 9.17) is 13.1 Å². The van der Waals surface area contributed by atoms with Crippen molar-refractivity contribution in [1.29, 1.82) is 0 Å². The Hall–Kier alpha value is -0.961. The van der Waals surface area contributed by atoms with Crippen LogP contribution < -0.4 is 8.92 Å². The van der Waals surface area contributed by atoms with Crippen LogP contribution in [0.15, 0.2) is 48.5 Å². The maximum absolute atomic E-state index is 9.13. The molecule has 0 aliphatic rings. The van der Waals surface area contributed by atoms with Crippen LogP contribution in [0.1, 0.15) is 0 Å². The molecule has 0 aliphatic carbocycles. The quantitative estimate of drug-likeness (QED) is 0.772.